The molecule has 10 heteroatoms. The lowest BCUT2D eigenvalue weighted by Gasteiger charge is -2.11. The molecule has 3 rings (SSSR count). The van der Waals surface area contributed by atoms with E-state index in [1.165, 1.54) is 17.8 Å². The van der Waals surface area contributed by atoms with Crippen LogP contribution in [-0.2, 0) is 27.9 Å². The molecule has 0 saturated heterocycles. The van der Waals surface area contributed by atoms with Crippen molar-refractivity contribution in [1.29, 1.82) is 0 Å². The van der Waals surface area contributed by atoms with Crippen LogP contribution in [0.25, 0.3) is 11.4 Å². The van der Waals surface area contributed by atoms with Gasteiger partial charge in [-0.3, -0.25) is 4.79 Å². The number of amides is 1. The van der Waals surface area contributed by atoms with Gasteiger partial charge in [0.25, 0.3) is 0 Å². The standard InChI is InChI=1S/C23H29N5O3S2/c1-5-28-22(19-10-6-8-17(4)12-19)25-26-23(28)32-15-21(29)24-14-18-9-7-11-20(13-18)33(30,31)27-16(2)3/h6-13,16,27H,5,14-15H2,1-4H3,(H,24,29). The van der Waals surface area contributed by atoms with Gasteiger partial charge in [-0.1, -0.05) is 47.7 Å². The monoisotopic (exact) mass is 487 g/mol. The number of carbonyl (C=O) groups excluding carboxylic acids is 1. The van der Waals surface area contributed by atoms with Gasteiger partial charge < -0.3 is 9.88 Å². The highest BCUT2D eigenvalue weighted by Crippen LogP contribution is 2.24. The largest absolute Gasteiger partial charge is 0.351 e. The van der Waals surface area contributed by atoms with E-state index in [2.05, 4.69) is 26.3 Å². The fraction of sp³-hybridized carbons (Fsp3) is 0.348. The van der Waals surface area contributed by atoms with Crippen molar-refractivity contribution in [3.63, 3.8) is 0 Å². The van der Waals surface area contributed by atoms with Crippen molar-refractivity contribution in [3.8, 4) is 11.4 Å². The minimum atomic E-state index is -3.58. The molecule has 3 aromatic rings. The van der Waals surface area contributed by atoms with Crippen LogP contribution in [-0.4, -0.2) is 40.9 Å². The summed E-state index contributed by atoms with van der Waals surface area (Å²) in [6.45, 7) is 8.50. The SMILES string of the molecule is CCn1c(SCC(=O)NCc2cccc(S(=O)(=O)NC(C)C)c2)nnc1-c1cccc(C)c1. The third-order valence-electron chi connectivity index (χ3n) is 4.73. The molecule has 0 fully saturated rings. The summed E-state index contributed by atoms with van der Waals surface area (Å²) in [5, 5.41) is 12.1. The Hall–Kier alpha value is -2.69. The summed E-state index contributed by atoms with van der Waals surface area (Å²) in [6.07, 6.45) is 0. The molecule has 0 radical (unpaired) electrons. The van der Waals surface area contributed by atoms with Crippen molar-refractivity contribution in [3.05, 3.63) is 59.7 Å². The molecule has 1 aromatic heterocycles. The second kappa shape index (κ2) is 11.0. The van der Waals surface area contributed by atoms with E-state index in [-0.39, 0.29) is 29.1 Å². The smallest absolute Gasteiger partial charge is 0.240 e. The molecular formula is C23H29N5O3S2. The Morgan fingerprint density at radius 3 is 2.58 bits per heavy atom. The first-order chi connectivity index (χ1) is 15.7. The first-order valence-electron chi connectivity index (χ1n) is 10.7. The zero-order valence-electron chi connectivity index (χ0n) is 19.2. The van der Waals surface area contributed by atoms with E-state index in [4.69, 9.17) is 0 Å². The Bertz CT molecular complexity index is 1220. The number of benzene rings is 2. The summed E-state index contributed by atoms with van der Waals surface area (Å²) in [5.41, 5.74) is 2.84. The minimum Gasteiger partial charge on any atom is -0.351 e. The van der Waals surface area contributed by atoms with E-state index in [9.17, 15) is 13.2 Å². The van der Waals surface area contributed by atoms with Gasteiger partial charge in [0.15, 0.2) is 11.0 Å². The van der Waals surface area contributed by atoms with Gasteiger partial charge in [0.2, 0.25) is 15.9 Å². The number of hydrogen-bond donors (Lipinski definition) is 2. The molecule has 0 atom stereocenters. The van der Waals surface area contributed by atoms with Crippen LogP contribution < -0.4 is 10.0 Å². The molecule has 0 bridgehead atoms. The lowest BCUT2D eigenvalue weighted by atomic mass is 10.1. The first kappa shape index (κ1) is 24.9. The van der Waals surface area contributed by atoms with Crippen LogP contribution >= 0.6 is 11.8 Å². The predicted octanol–water partition coefficient (Wildman–Crippen LogP) is 3.37. The lowest BCUT2D eigenvalue weighted by molar-refractivity contribution is -0.118. The molecule has 0 spiro atoms. The van der Waals surface area contributed by atoms with Crippen molar-refractivity contribution in [2.75, 3.05) is 5.75 Å². The summed E-state index contributed by atoms with van der Waals surface area (Å²) >= 11 is 1.32. The van der Waals surface area contributed by atoms with Gasteiger partial charge >= 0.3 is 0 Å². The molecule has 2 aromatic carbocycles. The number of sulfonamides is 1. The molecule has 0 saturated carbocycles. The minimum absolute atomic E-state index is 0.170. The fourth-order valence-corrected chi connectivity index (χ4v) is 5.41. The second-order valence-electron chi connectivity index (χ2n) is 7.91. The summed E-state index contributed by atoms with van der Waals surface area (Å²) in [6, 6.07) is 14.4. The maximum absolute atomic E-state index is 12.4. The average Bonchev–Trinajstić information content (AvgIpc) is 3.18. The van der Waals surface area contributed by atoms with E-state index in [0.717, 1.165) is 17.0 Å². The molecule has 176 valence electrons. The number of aromatic nitrogens is 3. The highest BCUT2D eigenvalue weighted by atomic mass is 32.2. The Balaban J connectivity index is 1.60. The van der Waals surface area contributed by atoms with Crippen LogP contribution in [0.1, 0.15) is 31.9 Å². The van der Waals surface area contributed by atoms with Crippen molar-refractivity contribution in [2.45, 2.75) is 56.9 Å². The molecule has 2 N–H and O–H groups in total. The van der Waals surface area contributed by atoms with Gasteiger partial charge in [0.1, 0.15) is 0 Å². The topological polar surface area (TPSA) is 106 Å². The third-order valence-corrected chi connectivity index (χ3v) is 7.35. The van der Waals surface area contributed by atoms with Crippen molar-refractivity contribution in [2.24, 2.45) is 0 Å². The van der Waals surface area contributed by atoms with Crippen LogP contribution in [0, 0.1) is 6.92 Å². The molecule has 0 aliphatic carbocycles. The van der Waals surface area contributed by atoms with Gasteiger partial charge in [0.05, 0.1) is 10.6 Å². The van der Waals surface area contributed by atoms with Gasteiger partial charge in [0, 0.05) is 24.7 Å². The molecule has 1 amide bonds. The van der Waals surface area contributed by atoms with E-state index in [0.29, 0.717) is 17.3 Å². The quantitative estimate of drug-likeness (QED) is 0.425. The number of hydrogen-bond acceptors (Lipinski definition) is 6. The summed E-state index contributed by atoms with van der Waals surface area (Å²) in [5.74, 6) is 0.784. The van der Waals surface area contributed by atoms with Crippen molar-refractivity contribution < 1.29 is 13.2 Å². The number of rotatable bonds is 10. The van der Waals surface area contributed by atoms with Gasteiger partial charge in [-0.25, -0.2) is 13.1 Å². The molecule has 0 unspecified atom stereocenters. The fourth-order valence-electron chi connectivity index (χ4n) is 3.26. The lowest BCUT2D eigenvalue weighted by Crippen LogP contribution is -2.30. The Labute approximate surface area is 199 Å². The normalized spacial score (nSPS) is 11.7. The summed E-state index contributed by atoms with van der Waals surface area (Å²) < 4.78 is 29.3. The Morgan fingerprint density at radius 1 is 1.12 bits per heavy atom. The van der Waals surface area contributed by atoms with E-state index in [1.54, 1.807) is 32.0 Å². The van der Waals surface area contributed by atoms with E-state index >= 15 is 0 Å². The summed E-state index contributed by atoms with van der Waals surface area (Å²) in [4.78, 5) is 12.6. The first-order valence-corrected chi connectivity index (χ1v) is 13.2. The Kier molecular flexibility index (Phi) is 8.28. The van der Waals surface area contributed by atoms with E-state index < -0.39 is 10.0 Å². The molecule has 33 heavy (non-hydrogen) atoms. The number of nitrogens with one attached hydrogen (secondary N) is 2. The third kappa shape index (κ3) is 6.66. The van der Waals surface area contributed by atoms with Crippen molar-refractivity contribution in [1.82, 2.24) is 24.8 Å². The van der Waals surface area contributed by atoms with Crippen LogP contribution in [0.3, 0.4) is 0 Å². The maximum Gasteiger partial charge on any atom is 0.240 e. The number of thioether (sulfide) groups is 1. The zero-order valence-corrected chi connectivity index (χ0v) is 20.8. The molecule has 8 nitrogen and oxygen atoms in total. The molecule has 1 heterocycles. The zero-order chi connectivity index (χ0) is 24.0. The van der Waals surface area contributed by atoms with Crippen LogP contribution in [0.15, 0.2) is 58.6 Å². The number of nitrogens with zero attached hydrogens (tertiary/aromatic N) is 3. The molecule has 0 aliphatic heterocycles. The van der Waals surface area contributed by atoms with Crippen LogP contribution in [0.4, 0.5) is 0 Å². The van der Waals surface area contributed by atoms with Gasteiger partial charge in [-0.15, -0.1) is 10.2 Å². The number of carbonyl (C=O) groups is 1. The molecular weight excluding hydrogens is 458 g/mol. The predicted molar refractivity (Wildman–Crippen MR) is 130 cm³/mol. The van der Waals surface area contributed by atoms with Crippen LogP contribution in [0.5, 0.6) is 0 Å². The molecule has 0 aliphatic rings. The highest BCUT2D eigenvalue weighted by Gasteiger charge is 2.17. The highest BCUT2D eigenvalue weighted by molar-refractivity contribution is 7.99. The number of aryl methyl sites for hydroxylation is 1. The van der Waals surface area contributed by atoms with E-state index in [1.807, 2.05) is 36.6 Å². The second-order valence-corrected chi connectivity index (χ2v) is 10.6. The van der Waals surface area contributed by atoms with Gasteiger partial charge in [-0.2, -0.15) is 0 Å². The van der Waals surface area contributed by atoms with Crippen molar-refractivity contribution >= 4 is 27.7 Å². The average molecular weight is 488 g/mol. The van der Waals surface area contributed by atoms with Crippen LogP contribution in [0.2, 0.25) is 0 Å². The maximum atomic E-state index is 12.4. The Morgan fingerprint density at radius 2 is 1.88 bits per heavy atom. The van der Waals surface area contributed by atoms with Gasteiger partial charge in [-0.05, 0) is 51.5 Å². The summed E-state index contributed by atoms with van der Waals surface area (Å²) in [7, 11) is -3.58.